The van der Waals surface area contributed by atoms with Gasteiger partial charge in [-0.25, -0.2) is 0 Å². The first-order valence-corrected chi connectivity index (χ1v) is 8.79. The largest absolute Gasteiger partial charge is 0.493 e. The number of amides is 2. The Balaban J connectivity index is 1.46. The molecule has 142 valence electrons. The van der Waals surface area contributed by atoms with Gasteiger partial charge in [0.2, 0.25) is 5.91 Å². The molecule has 1 aliphatic heterocycles. The molecule has 0 spiro atoms. The smallest absolute Gasteiger partial charge is 0.258 e. The lowest BCUT2D eigenvalue weighted by molar-refractivity contribution is -0.123. The SMILES string of the molecule is COc1ccccc1OCC(=O)NCc1ccc(N2CCNC(=O)C2)cc1. The van der Waals surface area contributed by atoms with Crippen LogP contribution in [0, 0.1) is 0 Å². The summed E-state index contributed by atoms with van der Waals surface area (Å²) in [5.74, 6) is 0.947. The molecule has 7 heteroatoms. The Labute approximate surface area is 158 Å². The lowest BCUT2D eigenvalue weighted by Gasteiger charge is -2.28. The normalized spacial score (nSPS) is 13.7. The molecule has 2 aromatic carbocycles. The van der Waals surface area contributed by atoms with E-state index in [0.717, 1.165) is 17.8 Å². The molecule has 2 aromatic rings. The molecule has 1 heterocycles. The fourth-order valence-electron chi connectivity index (χ4n) is 2.82. The van der Waals surface area contributed by atoms with Crippen LogP contribution in [-0.2, 0) is 16.1 Å². The van der Waals surface area contributed by atoms with Crippen LogP contribution in [-0.4, -0.2) is 45.2 Å². The topological polar surface area (TPSA) is 79.9 Å². The number of hydrogen-bond acceptors (Lipinski definition) is 5. The van der Waals surface area contributed by atoms with Crippen molar-refractivity contribution in [2.75, 3.05) is 38.3 Å². The highest BCUT2D eigenvalue weighted by Gasteiger charge is 2.16. The molecule has 1 saturated heterocycles. The van der Waals surface area contributed by atoms with Gasteiger partial charge in [0.25, 0.3) is 5.91 Å². The van der Waals surface area contributed by atoms with Gasteiger partial charge in [0.15, 0.2) is 18.1 Å². The van der Waals surface area contributed by atoms with E-state index in [2.05, 4.69) is 10.6 Å². The lowest BCUT2D eigenvalue weighted by atomic mass is 10.2. The number of para-hydroxylation sites is 2. The van der Waals surface area contributed by atoms with Gasteiger partial charge in [-0.1, -0.05) is 24.3 Å². The van der Waals surface area contributed by atoms with Gasteiger partial charge in [0, 0.05) is 25.3 Å². The number of methoxy groups -OCH3 is 1. The highest BCUT2D eigenvalue weighted by Crippen LogP contribution is 2.25. The summed E-state index contributed by atoms with van der Waals surface area (Å²) in [5.41, 5.74) is 1.98. The second kappa shape index (κ2) is 8.93. The molecule has 7 nitrogen and oxygen atoms in total. The average molecular weight is 369 g/mol. The maximum absolute atomic E-state index is 12.0. The first-order valence-electron chi connectivity index (χ1n) is 8.79. The summed E-state index contributed by atoms with van der Waals surface area (Å²) in [6.45, 7) is 2.15. The van der Waals surface area contributed by atoms with Crippen molar-refractivity contribution in [1.82, 2.24) is 10.6 Å². The molecule has 0 aromatic heterocycles. The number of piperazine rings is 1. The van der Waals surface area contributed by atoms with Crippen molar-refractivity contribution in [3.05, 3.63) is 54.1 Å². The van der Waals surface area contributed by atoms with Crippen molar-refractivity contribution >= 4 is 17.5 Å². The molecule has 0 atom stereocenters. The third-order valence-corrected chi connectivity index (χ3v) is 4.26. The second-order valence-corrected chi connectivity index (χ2v) is 6.15. The Morgan fingerprint density at radius 3 is 2.59 bits per heavy atom. The summed E-state index contributed by atoms with van der Waals surface area (Å²) in [4.78, 5) is 25.5. The van der Waals surface area contributed by atoms with Crippen molar-refractivity contribution in [2.45, 2.75) is 6.54 Å². The number of ether oxygens (including phenoxy) is 2. The summed E-state index contributed by atoms with van der Waals surface area (Å²) in [5, 5.41) is 5.64. The third kappa shape index (κ3) is 5.13. The van der Waals surface area contributed by atoms with Gasteiger partial charge in [-0.2, -0.15) is 0 Å². The van der Waals surface area contributed by atoms with Crippen LogP contribution in [0.5, 0.6) is 11.5 Å². The Hall–Kier alpha value is -3.22. The average Bonchev–Trinajstić information content (AvgIpc) is 2.71. The van der Waals surface area contributed by atoms with E-state index in [1.54, 1.807) is 19.2 Å². The minimum absolute atomic E-state index is 0.0348. The van der Waals surface area contributed by atoms with Crippen LogP contribution in [0.15, 0.2) is 48.5 Å². The standard InChI is InChI=1S/C20H23N3O4/c1-26-17-4-2-3-5-18(17)27-14-20(25)22-12-15-6-8-16(9-7-15)23-11-10-21-19(24)13-23/h2-9H,10-14H2,1H3,(H,21,24)(H,22,25). The molecule has 1 fully saturated rings. The minimum Gasteiger partial charge on any atom is -0.493 e. The van der Waals surface area contributed by atoms with Crippen LogP contribution in [0.2, 0.25) is 0 Å². The second-order valence-electron chi connectivity index (χ2n) is 6.15. The predicted molar refractivity (Wildman–Crippen MR) is 102 cm³/mol. The monoisotopic (exact) mass is 369 g/mol. The van der Waals surface area contributed by atoms with Gasteiger partial charge >= 0.3 is 0 Å². The van der Waals surface area contributed by atoms with Crippen molar-refractivity contribution in [3.8, 4) is 11.5 Å². The van der Waals surface area contributed by atoms with Crippen LogP contribution >= 0.6 is 0 Å². The quantitative estimate of drug-likeness (QED) is 0.770. The van der Waals surface area contributed by atoms with Crippen LogP contribution in [0.4, 0.5) is 5.69 Å². The van der Waals surface area contributed by atoms with Crippen LogP contribution in [0.1, 0.15) is 5.56 Å². The van der Waals surface area contributed by atoms with E-state index in [1.807, 2.05) is 41.3 Å². The number of nitrogens with one attached hydrogen (secondary N) is 2. The molecular formula is C20H23N3O4. The molecular weight excluding hydrogens is 346 g/mol. The maximum Gasteiger partial charge on any atom is 0.258 e. The molecule has 2 amide bonds. The van der Waals surface area contributed by atoms with Gasteiger partial charge in [-0.05, 0) is 29.8 Å². The number of nitrogens with zero attached hydrogens (tertiary/aromatic N) is 1. The van der Waals surface area contributed by atoms with Crippen LogP contribution in [0.3, 0.4) is 0 Å². The number of anilines is 1. The number of hydrogen-bond donors (Lipinski definition) is 2. The fourth-order valence-corrected chi connectivity index (χ4v) is 2.82. The van der Waals surface area contributed by atoms with E-state index < -0.39 is 0 Å². The number of carbonyl (C=O) groups excluding carboxylic acids is 2. The van der Waals surface area contributed by atoms with E-state index in [-0.39, 0.29) is 18.4 Å². The molecule has 3 rings (SSSR count). The minimum atomic E-state index is -0.210. The third-order valence-electron chi connectivity index (χ3n) is 4.26. The van der Waals surface area contributed by atoms with Crippen molar-refractivity contribution < 1.29 is 19.1 Å². The molecule has 0 radical (unpaired) electrons. The number of rotatable bonds is 7. The van der Waals surface area contributed by atoms with Gasteiger partial charge in [-0.15, -0.1) is 0 Å². The Kier molecular flexibility index (Phi) is 6.14. The zero-order valence-electron chi connectivity index (χ0n) is 15.2. The van der Waals surface area contributed by atoms with Gasteiger partial charge < -0.3 is 25.0 Å². The van der Waals surface area contributed by atoms with E-state index >= 15 is 0 Å². The zero-order valence-corrected chi connectivity index (χ0v) is 15.2. The van der Waals surface area contributed by atoms with E-state index in [4.69, 9.17) is 9.47 Å². The highest BCUT2D eigenvalue weighted by molar-refractivity contribution is 5.82. The lowest BCUT2D eigenvalue weighted by Crippen LogP contribution is -2.47. The van der Waals surface area contributed by atoms with Gasteiger partial charge in [0.05, 0.1) is 13.7 Å². The van der Waals surface area contributed by atoms with Crippen molar-refractivity contribution in [2.24, 2.45) is 0 Å². The van der Waals surface area contributed by atoms with Crippen molar-refractivity contribution in [1.29, 1.82) is 0 Å². The molecule has 2 N–H and O–H groups in total. The summed E-state index contributed by atoms with van der Waals surface area (Å²) < 4.78 is 10.7. The van der Waals surface area contributed by atoms with E-state index in [9.17, 15) is 9.59 Å². The van der Waals surface area contributed by atoms with Gasteiger partial charge in [0.1, 0.15) is 0 Å². The van der Waals surface area contributed by atoms with Crippen LogP contribution in [0.25, 0.3) is 0 Å². The highest BCUT2D eigenvalue weighted by atomic mass is 16.5. The zero-order chi connectivity index (χ0) is 19.1. The Morgan fingerprint density at radius 1 is 1.15 bits per heavy atom. The number of benzene rings is 2. The summed E-state index contributed by atoms with van der Waals surface area (Å²) in [6.07, 6.45) is 0. The summed E-state index contributed by atoms with van der Waals surface area (Å²) in [7, 11) is 1.56. The molecule has 1 aliphatic rings. The Bertz CT molecular complexity index is 792. The fraction of sp³-hybridized carbons (Fsp3) is 0.300. The Morgan fingerprint density at radius 2 is 1.89 bits per heavy atom. The van der Waals surface area contributed by atoms with Crippen molar-refractivity contribution in [3.63, 3.8) is 0 Å². The predicted octanol–water partition coefficient (Wildman–Crippen LogP) is 1.33. The number of carbonyl (C=O) groups is 2. The first-order chi connectivity index (χ1) is 13.2. The van der Waals surface area contributed by atoms with E-state index in [1.165, 1.54) is 0 Å². The van der Waals surface area contributed by atoms with E-state index in [0.29, 0.717) is 31.1 Å². The first kappa shape index (κ1) is 18.6. The molecule has 0 aliphatic carbocycles. The summed E-state index contributed by atoms with van der Waals surface area (Å²) in [6, 6.07) is 15.0. The maximum atomic E-state index is 12.0. The molecule has 27 heavy (non-hydrogen) atoms. The molecule has 0 saturated carbocycles. The summed E-state index contributed by atoms with van der Waals surface area (Å²) >= 11 is 0. The molecule has 0 unspecified atom stereocenters. The molecule has 0 bridgehead atoms. The van der Waals surface area contributed by atoms with Crippen LogP contribution < -0.4 is 25.0 Å². The van der Waals surface area contributed by atoms with Gasteiger partial charge in [-0.3, -0.25) is 9.59 Å².